The van der Waals surface area contributed by atoms with Gasteiger partial charge in [-0.3, -0.25) is 4.68 Å². The number of nitrogens with zero attached hydrogens (tertiary/aromatic N) is 2. The Kier molecular flexibility index (Phi) is 3.99. The maximum atomic E-state index is 5.94. The molecule has 0 amide bonds. The highest BCUT2D eigenvalue weighted by molar-refractivity contribution is 6.42. The van der Waals surface area contributed by atoms with Crippen LogP contribution in [0.3, 0.4) is 0 Å². The van der Waals surface area contributed by atoms with E-state index < -0.39 is 0 Å². The van der Waals surface area contributed by atoms with Gasteiger partial charge in [-0.1, -0.05) is 23.2 Å². The molecule has 4 nitrogen and oxygen atoms in total. The molecule has 3 N–H and O–H groups in total. The van der Waals surface area contributed by atoms with Crippen LogP contribution >= 0.6 is 23.2 Å². The van der Waals surface area contributed by atoms with E-state index in [-0.39, 0.29) is 0 Å². The quantitative estimate of drug-likeness (QED) is 0.848. The van der Waals surface area contributed by atoms with Crippen molar-refractivity contribution in [2.75, 3.05) is 17.6 Å². The molecule has 0 saturated carbocycles. The number of rotatable bonds is 4. The van der Waals surface area contributed by atoms with Crippen molar-refractivity contribution < 1.29 is 0 Å². The van der Waals surface area contributed by atoms with Crippen molar-refractivity contribution in [3.63, 3.8) is 0 Å². The fourth-order valence-electron chi connectivity index (χ4n) is 1.61. The fraction of sp³-hybridized carbons (Fsp3) is 0.250. The Morgan fingerprint density at radius 2 is 2.06 bits per heavy atom. The summed E-state index contributed by atoms with van der Waals surface area (Å²) in [6.07, 6.45) is 3.81. The molecule has 1 aromatic carbocycles. The van der Waals surface area contributed by atoms with E-state index in [1.165, 1.54) is 0 Å². The van der Waals surface area contributed by atoms with Crippen LogP contribution in [-0.2, 0) is 6.54 Å². The first-order chi connectivity index (χ1) is 8.56. The van der Waals surface area contributed by atoms with Gasteiger partial charge in [0.1, 0.15) is 0 Å². The minimum atomic E-state index is 0.461. The number of hydrogen-bond donors (Lipinski definition) is 2. The van der Waals surface area contributed by atoms with Crippen molar-refractivity contribution in [3.05, 3.63) is 40.1 Å². The maximum Gasteiger partial charge on any atom is 0.0614 e. The number of anilines is 2. The van der Waals surface area contributed by atoms with Crippen LogP contribution in [0, 0.1) is 6.92 Å². The number of aromatic nitrogens is 2. The molecule has 0 fully saturated rings. The van der Waals surface area contributed by atoms with Gasteiger partial charge in [0.25, 0.3) is 0 Å². The molecule has 0 aliphatic rings. The Labute approximate surface area is 116 Å². The van der Waals surface area contributed by atoms with Crippen molar-refractivity contribution in [1.82, 2.24) is 9.78 Å². The molecule has 0 aliphatic heterocycles. The second-order valence-electron chi connectivity index (χ2n) is 4.06. The first-order valence-electron chi connectivity index (χ1n) is 5.53. The molecular weight excluding hydrogens is 271 g/mol. The first kappa shape index (κ1) is 13.1. The van der Waals surface area contributed by atoms with Gasteiger partial charge in [-0.2, -0.15) is 5.10 Å². The molecule has 0 radical (unpaired) electrons. The Bertz CT molecular complexity index is 551. The minimum absolute atomic E-state index is 0.461. The van der Waals surface area contributed by atoms with Crippen molar-refractivity contribution in [2.45, 2.75) is 13.5 Å². The summed E-state index contributed by atoms with van der Waals surface area (Å²) < 4.78 is 1.87. The van der Waals surface area contributed by atoms with Crippen LogP contribution in [0.15, 0.2) is 24.5 Å². The van der Waals surface area contributed by atoms with Gasteiger partial charge in [0.05, 0.1) is 34.2 Å². The van der Waals surface area contributed by atoms with Gasteiger partial charge < -0.3 is 11.1 Å². The van der Waals surface area contributed by atoms with Gasteiger partial charge in [0.15, 0.2) is 0 Å². The Morgan fingerprint density at radius 3 is 2.72 bits per heavy atom. The molecule has 0 spiro atoms. The van der Waals surface area contributed by atoms with Crippen LogP contribution in [-0.4, -0.2) is 16.3 Å². The van der Waals surface area contributed by atoms with Crippen molar-refractivity contribution in [2.24, 2.45) is 0 Å². The lowest BCUT2D eigenvalue weighted by atomic mass is 10.2. The van der Waals surface area contributed by atoms with E-state index in [9.17, 15) is 0 Å². The van der Waals surface area contributed by atoms with Crippen LogP contribution in [0.1, 0.15) is 5.56 Å². The lowest BCUT2D eigenvalue weighted by molar-refractivity contribution is 0.637. The molecule has 0 atom stereocenters. The average Bonchev–Trinajstić information content (AvgIpc) is 2.71. The highest BCUT2D eigenvalue weighted by Crippen LogP contribution is 2.30. The molecule has 1 heterocycles. The lowest BCUT2D eigenvalue weighted by Gasteiger charge is -2.10. The fourth-order valence-corrected chi connectivity index (χ4v) is 1.95. The molecular formula is C12H14Cl2N4. The van der Waals surface area contributed by atoms with Gasteiger partial charge >= 0.3 is 0 Å². The lowest BCUT2D eigenvalue weighted by Crippen LogP contribution is -2.11. The van der Waals surface area contributed by atoms with E-state index in [2.05, 4.69) is 10.4 Å². The predicted molar refractivity (Wildman–Crippen MR) is 76.3 cm³/mol. The number of hydrogen-bond acceptors (Lipinski definition) is 3. The predicted octanol–water partition coefficient (Wildman–Crippen LogP) is 3.19. The van der Waals surface area contributed by atoms with Gasteiger partial charge in [-0.15, -0.1) is 0 Å². The van der Waals surface area contributed by atoms with Crippen molar-refractivity contribution >= 4 is 34.6 Å². The molecule has 96 valence electrons. The number of nitrogens with one attached hydrogen (secondary N) is 1. The number of nitrogen functional groups attached to an aromatic ring is 1. The molecule has 2 rings (SSSR count). The van der Waals surface area contributed by atoms with Crippen LogP contribution in [0.4, 0.5) is 11.4 Å². The van der Waals surface area contributed by atoms with Crippen LogP contribution in [0.25, 0.3) is 0 Å². The topological polar surface area (TPSA) is 55.9 Å². The van der Waals surface area contributed by atoms with E-state index in [0.29, 0.717) is 22.3 Å². The van der Waals surface area contributed by atoms with Crippen LogP contribution < -0.4 is 11.1 Å². The molecule has 0 aliphatic carbocycles. The summed E-state index contributed by atoms with van der Waals surface area (Å²) in [6.45, 7) is 3.48. The molecule has 0 saturated heterocycles. The van der Waals surface area contributed by atoms with E-state index in [1.54, 1.807) is 12.1 Å². The zero-order valence-corrected chi connectivity index (χ0v) is 11.5. The molecule has 18 heavy (non-hydrogen) atoms. The third-order valence-electron chi connectivity index (χ3n) is 2.51. The third-order valence-corrected chi connectivity index (χ3v) is 3.23. The summed E-state index contributed by atoms with van der Waals surface area (Å²) in [6, 6.07) is 3.37. The zero-order valence-electron chi connectivity index (χ0n) is 9.95. The van der Waals surface area contributed by atoms with E-state index in [4.69, 9.17) is 28.9 Å². The number of aryl methyl sites for hydroxylation is 1. The minimum Gasteiger partial charge on any atom is -0.397 e. The van der Waals surface area contributed by atoms with Crippen LogP contribution in [0.5, 0.6) is 0 Å². The van der Waals surface area contributed by atoms with Crippen LogP contribution in [0.2, 0.25) is 10.0 Å². The number of nitrogens with two attached hydrogens (primary N) is 1. The number of halogens is 2. The second-order valence-corrected chi connectivity index (χ2v) is 4.88. The highest BCUT2D eigenvalue weighted by Gasteiger charge is 2.04. The molecule has 0 bridgehead atoms. The third kappa shape index (κ3) is 3.09. The summed E-state index contributed by atoms with van der Waals surface area (Å²) in [7, 11) is 0. The number of benzene rings is 1. The molecule has 0 unspecified atom stereocenters. The molecule has 1 aromatic heterocycles. The summed E-state index contributed by atoms with van der Waals surface area (Å²) in [5.41, 5.74) is 8.36. The van der Waals surface area contributed by atoms with Gasteiger partial charge in [0.2, 0.25) is 0 Å². The summed E-state index contributed by atoms with van der Waals surface area (Å²) in [5.74, 6) is 0. The molecule has 6 heteroatoms. The average molecular weight is 285 g/mol. The Balaban J connectivity index is 1.96. The smallest absolute Gasteiger partial charge is 0.0614 e. The van der Waals surface area contributed by atoms with Gasteiger partial charge in [-0.25, -0.2) is 0 Å². The summed E-state index contributed by atoms with van der Waals surface area (Å²) in [4.78, 5) is 0. The second kappa shape index (κ2) is 5.50. The summed E-state index contributed by atoms with van der Waals surface area (Å²) in [5, 5.41) is 8.36. The largest absolute Gasteiger partial charge is 0.397 e. The first-order valence-corrected chi connectivity index (χ1v) is 6.29. The van der Waals surface area contributed by atoms with Gasteiger partial charge in [-0.05, 0) is 24.6 Å². The monoisotopic (exact) mass is 284 g/mol. The van der Waals surface area contributed by atoms with E-state index in [0.717, 1.165) is 17.8 Å². The standard InChI is InChI=1S/C12H14Cl2N4/c1-8-6-17-18(7-8)3-2-16-12-5-10(14)9(13)4-11(12)15/h4-7,16H,2-3,15H2,1H3. The van der Waals surface area contributed by atoms with Crippen molar-refractivity contribution in [1.29, 1.82) is 0 Å². The molecule has 2 aromatic rings. The zero-order chi connectivity index (χ0) is 13.1. The maximum absolute atomic E-state index is 5.94. The van der Waals surface area contributed by atoms with E-state index >= 15 is 0 Å². The van der Waals surface area contributed by atoms with Crippen molar-refractivity contribution in [3.8, 4) is 0 Å². The van der Waals surface area contributed by atoms with E-state index in [1.807, 2.05) is 24.0 Å². The highest BCUT2D eigenvalue weighted by atomic mass is 35.5. The Morgan fingerprint density at radius 1 is 1.33 bits per heavy atom. The normalized spacial score (nSPS) is 10.6. The Hall–Kier alpha value is -1.39. The van der Waals surface area contributed by atoms with Gasteiger partial charge in [0, 0.05) is 12.7 Å². The SMILES string of the molecule is Cc1cnn(CCNc2cc(Cl)c(Cl)cc2N)c1. The summed E-state index contributed by atoms with van der Waals surface area (Å²) >= 11 is 11.8.